The molecular weight excluding hydrogens is 526 g/mol. The number of halogens is 6. The van der Waals surface area contributed by atoms with Crippen molar-refractivity contribution in [2.45, 2.75) is 63.5 Å². The van der Waals surface area contributed by atoms with Crippen LogP contribution in [0.15, 0.2) is 22.8 Å². The number of likely N-dealkylation sites (tertiary alicyclic amines) is 1. The molecule has 218 valence electrons. The molecule has 1 spiro atoms. The van der Waals surface area contributed by atoms with Crippen molar-refractivity contribution in [3.8, 4) is 0 Å². The van der Waals surface area contributed by atoms with E-state index in [2.05, 4.69) is 22.9 Å². The third-order valence-corrected chi connectivity index (χ3v) is 7.33. The number of carbonyl (C=O) groups is 2. The molecule has 2 aliphatic heterocycles. The third kappa shape index (κ3) is 9.77. The van der Waals surface area contributed by atoms with E-state index in [1.165, 1.54) is 58.2 Å². The highest BCUT2D eigenvalue weighted by atomic mass is 19.4. The van der Waals surface area contributed by atoms with Gasteiger partial charge in [-0.2, -0.15) is 26.3 Å². The first kappa shape index (κ1) is 31.9. The highest BCUT2D eigenvalue weighted by Gasteiger charge is 2.49. The first-order chi connectivity index (χ1) is 17.6. The van der Waals surface area contributed by atoms with E-state index in [1.807, 2.05) is 6.07 Å². The normalized spacial score (nSPS) is 22.1. The molecule has 2 saturated heterocycles. The van der Waals surface area contributed by atoms with Gasteiger partial charge in [0.1, 0.15) is 5.76 Å². The lowest BCUT2D eigenvalue weighted by Gasteiger charge is -2.57. The van der Waals surface area contributed by atoms with Crippen molar-refractivity contribution in [2.24, 2.45) is 11.3 Å². The Labute approximate surface area is 216 Å². The fourth-order valence-electron chi connectivity index (χ4n) is 5.19. The Morgan fingerprint density at radius 3 is 1.92 bits per heavy atom. The van der Waals surface area contributed by atoms with Crippen molar-refractivity contribution in [3.63, 3.8) is 0 Å². The molecule has 4 rings (SSSR count). The van der Waals surface area contributed by atoms with Gasteiger partial charge >= 0.3 is 24.3 Å². The van der Waals surface area contributed by atoms with Crippen molar-refractivity contribution in [3.05, 3.63) is 24.2 Å². The van der Waals surface area contributed by atoms with Crippen LogP contribution in [0.5, 0.6) is 0 Å². The number of rotatable bonds is 5. The van der Waals surface area contributed by atoms with E-state index in [9.17, 15) is 26.3 Å². The maximum atomic E-state index is 10.6. The summed E-state index contributed by atoms with van der Waals surface area (Å²) in [6.45, 7) is 6.78. The van der Waals surface area contributed by atoms with Gasteiger partial charge in [-0.3, -0.25) is 4.90 Å². The molecule has 1 unspecified atom stereocenters. The lowest BCUT2D eigenvalue weighted by atomic mass is 9.58. The van der Waals surface area contributed by atoms with Crippen LogP contribution in [0, 0.1) is 11.3 Å². The van der Waals surface area contributed by atoms with Crippen molar-refractivity contribution < 1.29 is 55.3 Å². The Balaban J connectivity index is 0.000000301. The fraction of sp³-hybridized carbons (Fsp3) is 0.750. The Kier molecular flexibility index (Phi) is 11.5. The standard InChI is InChI=1S/C20H32N2O2.2C2HF3O2/c1-21(16-18-3-2-12-24-18)19-4-7-20(19)8-10-22(11-9-20)15-17-5-13-23-14-6-17;2*3-2(4,5)1(6)7/h2-3,12,17,19H,4-11,13-16H2,1H3;2*(H,6,7). The summed E-state index contributed by atoms with van der Waals surface area (Å²) in [5.41, 5.74) is 0.577. The monoisotopic (exact) mass is 560 g/mol. The molecule has 1 aliphatic carbocycles. The average Bonchev–Trinajstić information content (AvgIpc) is 3.32. The van der Waals surface area contributed by atoms with Crippen molar-refractivity contribution in [1.29, 1.82) is 0 Å². The maximum absolute atomic E-state index is 10.6. The molecule has 0 aromatic carbocycles. The summed E-state index contributed by atoms with van der Waals surface area (Å²) in [5.74, 6) is -3.55. The van der Waals surface area contributed by atoms with Crippen LogP contribution in [0.1, 0.15) is 44.3 Å². The van der Waals surface area contributed by atoms with Gasteiger partial charge in [-0.25, -0.2) is 9.59 Å². The molecule has 1 atom stereocenters. The number of aliphatic carboxylic acids is 2. The van der Waals surface area contributed by atoms with Gasteiger partial charge in [-0.05, 0) is 82.1 Å². The highest BCUT2D eigenvalue weighted by molar-refractivity contribution is 5.73. The lowest BCUT2D eigenvalue weighted by molar-refractivity contribution is -0.193. The van der Waals surface area contributed by atoms with E-state index in [0.717, 1.165) is 37.5 Å². The zero-order valence-corrected chi connectivity index (χ0v) is 21.1. The topological polar surface area (TPSA) is 103 Å². The van der Waals surface area contributed by atoms with Crippen LogP contribution in [0.3, 0.4) is 0 Å². The van der Waals surface area contributed by atoms with Gasteiger partial charge in [0.2, 0.25) is 0 Å². The molecule has 14 heteroatoms. The van der Waals surface area contributed by atoms with Gasteiger partial charge in [-0.15, -0.1) is 0 Å². The molecule has 8 nitrogen and oxygen atoms in total. The molecule has 1 aromatic rings. The molecule has 2 N–H and O–H groups in total. The molecule has 1 saturated carbocycles. The molecule has 0 amide bonds. The fourth-order valence-corrected chi connectivity index (χ4v) is 5.19. The van der Waals surface area contributed by atoms with Crippen molar-refractivity contribution >= 4 is 11.9 Å². The number of hydrogen-bond acceptors (Lipinski definition) is 6. The van der Waals surface area contributed by atoms with Crippen LogP contribution in [0.25, 0.3) is 0 Å². The largest absolute Gasteiger partial charge is 0.490 e. The quantitative estimate of drug-likeness (QED) is 0.502. The molecule has 1 aromatic heterocycles. The van der Waals surface area contributed by atoms with E-state index in [1.54, 1.807) is 6.26 Å². The Hall–Kier alpha value is -2.32. The summed E-state index contributed by atoms with van der Waals surface area (Å²) >= 11 is 0. The maximum Gasteiger partial charge on any atom is 0.490 e. The Bertz CT molecular complexity index is 839. The number of piperidine rings is 1. The number of hydrogen-bond donors (Lipinski definition) is 2. The minimum atomic E-state index is -5.08. The lowest BCUT2D eigenvalue weighted by Crippen LogP contribution is -2.58. The zero-order valence-electron chi connectivity index (χ0n) is 21.1. The molecule has 0 radical (unpaired) electrons. The second-order valence-electron chi connectivity index (χ2n) is 9.87. The van der Waals surface area contributed by atoms with Gasteiger partial charge < -0.3 is 24.3 Å². The van der Waals surface area contributed by atoms with Gasteiger partial charge in [0.05, 0.1) is 12.8 Å². The zero-order chi connectivity index (χ0) is 28.6. The van der Waals surface area contributed by atoms with E-state index in [4.69, 9.17) is 29.0 Å². The second-order valence-corrected chi connectivity index (χ2v) is 9.87. The van der Waals surface area contributed by atoms with E-state index < -0.39 is 24.3 Å². The summed E-state index contributed by atoms with van der Waals surface area (Å²) < 4.78 is 74.5. The van der Waals surface area contributed by atoms with Gasteiger partial charge in [-0.1, -0.05) is 0 Å². The van der Waals surface area contributed by atoms with E-state index in [0.29, 0.717) is 5.41 Å². The number of alkyl halides is 6. The summed E-state index contributed by atoms with van der Waals surface area (Å²) in [6.07, 6.45) is -0.323. The summed E-state index contributed by atoms with van der Waals surface area (Å²) in [7, 11) is 2.28. The van der Waals surface area contributed by atoms with Crippen LogP contribution in [0.4, 0.5) is 26.3 Å². The summed E-state index contributed by atoms with van der Waals surface area (Å²) in [4.78, 5) is 23.1. The first-order valence-corrected chi connectivity index (χ1v) is 12.3. The van der Waals surface area contributed by atoms with Crippen molar-refractivity contribution in [1.82, 2.24) is 9.80 Å². The molecule has 3 aliphatic rings. The molecule has 38 heavy (non-hydrogen) atoms. The van der Waals surface area contributed by atoms with Gasteiger partial charge in [0.25, 0.3) is 0 Å². The second kappa shape index (κ2) is 13.7. The predicted octanol–water partition coefficient (Wildman–Crippen LogP) is 4.65. The minimum Gasteiger partial charge on any atom is -0.475 e. The Morgan fingerprint density at radius 1 is 1.00 bits per heavy atom. The minimum absolute atomic E-state index is 0.577. The third-order valence-electron chi connectivity index (χ3n) is 7.33. The smallest absolute Gasteiger partial charge is 0.475 e. The SMILES string of the molecule is CN(Cc1ccco1)C1CCC12CCN(CC1CCOCC1)CC2.O=C(O)C(F)(F)F.O=C(O)C(F)(F)F. The van der Waals surface area contributed by atoms with Gasteiger partial charge in [0.15, 0.2) is 0 Å². The molecule has 0 bridgehead atoms. The van der Waals surface area contributed by atoms with Crippen LogP contribution in [-0.2, 0) is 20.9 Å². The average molecular weight is 561 g/mol. The van der Waals surface area contributed by atoms with Crippen LogP contribution >= 0.6 is 0 Å². The molecule has 3 heterocycles. The van der Waals surface area contributed by atoms with Crippen LogP contribution in [0.2, 0.25) is 0 Å². The van der Waals surface area contributed by atoms with E-state index in [-0.39, 0.29) is 0 Å². The first-order valence-electron chi connectivity index (χ1n) is 12.3. The summed E-state index contributed by atoms with van der Waals surface area (Å²) in [6, 6.07) is 4.83. The highest BCUT2D eigenvalue weighted by Crippen LogP contribution is 2.51. The van der Waals surface area contributed by atoms with Crippen LogP contribution in [-0.4, -0.2) is 90.2 Å². The molecule has 3 fully saturated rings. The van der Waals surface area contributed by atoms with Gasteiger partial charge in [0, 0.05) is 25.8 Å². The van der Waals surface area contributed by atoms with E-state index >= 15 is 0 Å². The number of ether oxygens (including phenoxy) is 1. The number of furan rings is 1. The number of nitrogens with zero attached hydrogens (tertiary/aromatic N) is 2. The number of carboxylic acid groups (broad SMARTS) is 2. The Morgan fingerprint density at radius 2 is 1.53 bits per heavy atom. The van der Waals surface area contributed by atoms with Crippen molar-refractivity contribution in [2.75, 3.05) is 39.9 Å². The molecular formula is C24H34F6N2O6. The predicted molar refractivity (Wildman–Crippen MR) is 122 cm³/mol. The summed E-state index contributed by atoms with van der Waals surface area (Å²) in [5, 5.41) is 14.2. The number of carboxylic acids is 2. The van der Waals surface area contributed by atoms with Crippen LogP contribution < -0.4 is 0 Å².